The summed E-state index contributed by atoms with van der Waals surface area (Å²) in [6, 6.07) is 10.1. The number of carbonyl (C=O) groups excluding carboxylic acids is 1. The topological polar surface area (TPSA) is 57.5 Å². The number of carbonyl (C=O) groups is 1. The van der Waals surface area contributed by atoms with Crippen LogP contribution in [0.4, 0.5) is 0 Å². The van der Waals surface area contributed by atoms with E-state index in [0.717, 1.165) is 0 Å². The summed E-state index contributed by atoms with van der Waals surface area (Å²) in [6.45, 7) is 0. The predicted octanol–water partition coefficient (Wildman–Crippen LogP) is 2.98. The third kappa shape index (κ3) is 2.40. The zero-order valence-electron chi connectivity index (χ0n) is 8.72. The Hall–Kier alpha value is -2.00. The van der Waals surface area contributed by atoms with Crippen LogP contribution in [-0.4, -0.2) is 16.0 Å². The smallest absolute Gasteiger partial charge is 0.196 e. The SMILES string of the molecule is O=C(c1ccc(O)cc1)c1ccc(Cl)cc1O. The Morgan fingerprint density at radius 2 is 1.65 bits per heavy atom. The van der Waals surface area contributed by atoms with E-state index >= 15 is 0 Å². The maximum Gasteiger partial charge on any atom is 0.196 e. The van der Waals surface area contributed by atoms with Crippen LogP contribution in [0.2, 0.25) is 5.02 Å². The molecule has 0 radical (unpaired) electrons. The van der Waals surface area contributed by atoms with E-state index in [9.17, 15) is 9.90 Å². The molecule has 0 saturated carbocycles. The molecule has 0 amide bonds. The highest BCUT2D eigenvalue weighted by molar-refractivity contribution is 6.31. The highest BCUT2D eigenvalue weighted by Gasteiger charge is 2.13. The van der Waals surface area contributed by atoms with Gasteiger partial charge in [0.1, 0.15) is 11.5 Å². The first-order chi connectivity index (χ1) is 8.08. The van der Waals surface area contributed by atoms with E-state index in [1.54, 1.807) is 0 Å². The number of phenols is 2. The van der Waals surface area contributed by atoms with Crippen molar-refractivity contribution in [1.29, 1.82) is 0 Å². The summed E-state index contributed by atoms with van der Waals surface area (Å²) in [5, 5.41) is 19.1. The second-order valence-corrected chi connectivity index (χ2v) is 3.97. The molecule has 0 aliphatic heterocycles. The highest BCUT2D eigenvalue weighted by atomic mass is 35.5. The number of phenolic OH excluding ortho intramolecular Hbond substituents is 2. The highest BCUT2D eigenvalue weighted by Crippen LogP contribution is 2.24. The first kappa shape index (κ1) is 11.5. The molecule has 2 aromatic carbocycles. The molecular formula is C13H9ClO3. The van der Waals surface area contributed by atoms with E-state index in [1.807, 2.05) is 0 Å². The zero-order valence-corrected chi connectivity index (χ0v) is 9.48. The van der Waals surface area contributed by atoms with Crippen molar-refractivity contribution in [2.75, 3.05) is 0 Å². The lowest BCUT2D eigenvalue weighted by Gasteiger charge is -2.04. The Kier molecular flexibility index (Phi) is 3.02. The number of rotatable bonds is 2. The van der Waals surface area contributed by atoms with Gasteiger partial charge in [0.2, 0.25) is 0 Å². The fourth-order valence-electron chi connectivity index (χ4n) is 1.47. The van der Waals surface area contributed by atoms with Crippen LogP contribution < -0.4 is 0 Å². The van der Waals surface area contributed by atoms with E-state index in [0.29, 0.717) is 10.6 Å². The summed E-state index contributed by atoms with van der Waals surface area (Å²) in [5.41, 5.74) is 0.570. The van der Waals surface area contributed by atoms with Crippen LogP contribution in [0.5, 0.6) is 11.5 Å². The zero-order chi connectivity index (χ0) is 12.4. The molecule has 86 valence electrons. The molecule has 0 aliphatic carbocycles. The Bertz CT molecular complexity index is 561. The molecular weight excluding hydrogens is 240 g/mol. The van der Waals surface area contributed by atoms with Crippen molar-refractivity contribution in [1.82, 2.24) is 0 Å². The predicted molar refractivity (Wildman–Crippen MR) is 64.7 cm³/mol. The Balaban J connectivity index is 2.40. The largest absolute Gasteiger partial charge is 0.508 e. The molecule has 2 rings (SSSR count). The second-order valence-electron chi connectivity index (χ2n) is 3.54. The molecule has 0 heterocycles. The number of ketones is 1. The van der Waals surface area contributed by atoms with Gasteiger partial charge in [-0.15, -0.1) is 0 Å². The van der Waals surface area contributed by atoms with Gasteiger partial charge in [-0.1, -0.05) is 11.6 Å². The maximum atomic E-state index is 12.0. The normalized spacial score (nSPS) is 10.2. The van der Waals surface area contributed by atoms with Crippen LogP contribution in [-0.2, 0) is 0 Å². The Morgan fingerprint density at radius 3 is 2.24 bits per heavy atom. The molecule has 2 aromatic rings. The van der Waals surface area contributed by atoms with Gasteiger partial charge in [-0.2, -0.15) is 0 Å². The van der Waals surface area contributed by atoms with Crippen molar-refractivity contribution in [2.24, 2.45) is 0 Å². The van der Waals surface area contributed by atoms with E-state index in [2.05, 4.69) is 0 Å². The van der Waals surface area contributed by atoms with Gasteiger partial charge < -0.3 is 10.2 Å². The number of hydrogen-bond acceptors (Lipinski definition) is 3. The summed E-state index contributed by atoms with van der Waals surface area (Å²) in [7, 11) is 0. The van der Waals surface area contributed by atoms with Crippen molar-refractivity contribution in [3.8, 4) is 11.5 Å². The van der Waals surface area contributed by atoms with E-state index in [4.69, 9.17) is 16.7 Å². The molecule has 0 atom stereocenters. The summed E-state index contributed by atoms with van der Waals surface area (Å²) < 4.78 is 0. The van der Waals surface area contributed by atoms with Crippen LogP contribution in [0.3, 0.4) is 0 Å². The molecule has 0 bridgehead atoms. The van der Waals surface area contributed by atoms with Crippen LogP contribution in [0.25, 0.3) is 0 Å². The van der Waals surface area contributed by atoms with Crippen molar-refractivity contribution >= 4 is 17.4 Å². The van der Waals surface area contributed by atoms with Crippen molar-refractivity contribution in [3.63, 3.8) is 0 Å². The van der Waals surface area contributed by atoms with Gasteiger partial charge in [-0.3, -0.25) is 4.79 Å². The first-order valence-electron chi connectivity index (χ1n) is 4.90. The summed E-state index contributed by atoms with van der Waals surface area (Å²) >= 11 is 5.68. The van der Waals surface area contributed by atoms with Crippen LogP contribution in [0, 0.1) is 0 Å². The molecule has 17 heavy (non-hydrogen) atoms. The number of halogens is 1. The first-order valence-corrected chi connectivity index (χ1v) is 5.28. The van der Waals surface area contributed by atoms with Gasteiger partial charge in [0.25, 0.3) is 0 Å². The second kappa shape index (κ2) is 4.47. The molecule has 0 spiro atoms. The lowest BCUT2D eigenvalue weighted by molar-refractivity contribution is 0.103. The van der Waals surface area contributed by atoms with Crippen LogP contribution >= 0.6 is 11.6 Å². The minimum Gasteiger partial charge on any atom is -0.508 e. The number of benzene rings is 2. The van der Waals surface area contributed by atoms with Crippen molar-refractivity contribution in [3.05, 3.63) is 58.6 Å². The molecule has 0 unspecified atom stereocenters. The van der Waals surface area contributed by atoms with Crippen molar-refractivity contribution in [2.45, 2.75) is 0 Å². The van der Waals surface area contributed by atoms with Gasteiger partial charge >= 0.3 is 0 Å². The standard InChI is InChI=1S/C13H9ClO3/c14-9-3-6-11(12(16)7-9)13(17)8-1-4-10(15)5-2-8/h1-7,15-16H. The number of aromatic hydroxyl groups is 2. The van der Waals surface area contributed by atoms with Gasteiger partial charge in [0.05, 0.1) is 5.56 Å². The van der Waals surface area contributed by atoms with Gasteiger partial charge in [-0.25, -0.2) is 0 Å². The average Bonchev–Trinajstić information content (AvgIpc) is 2.29. The fraction of sp³-hybridized carbons (Fsp3) is 0. The minimum absolute atomic E-state index is 0.0851. The Morgan fingerprint density at radius 1 is 1.00 bits per heavy atom. The molecule has 0 aliphatic rings. The summed E-state index contributed by atoms with van der Waals surface area (Å²) in [6.07, 6.45) is 0. The Labute approximate surface area is 103 Å². The van der Waals surface area contributed by atoms with Gasteiger partial charge in [-0.05, 0) is 42.5 Å². The number of hydrogen-bond donors (Lipinski definition) is 2. The molecule has 2 N–H and O–H groups in total. The average molecular weight is 249 g/mol. The fourth-order valence-corrected chi connectivity index (χ4v) is 1.63. The van der Waals surface area contributed by atoms with Gasteiger partial charge in [0.15, 0.2) is 5.78 Å². The van der Waals surface area contributed by atoms with Gasteiger partial charge in [0, 0.05) is 10.6 Å². The third-order valence-electron chi connectivity index (χ3n) is 2.33. The lowest BCUT2D eigenvalue weighted by atomic mass is 10.0. The molecule has 3 nitrogen and oxygen atoms in total. The van der Waals surface area contributed by atoms with E-state index < -0.39 is 0 Å². The molecule has 4 heteroatoms. The van der Waals surface area contributed by atoms with Crippen LogP contribution in [0.15, 0.2) is 42.5 Å². The maximum absolute atomic E-state index is 12.0. The van der Waals surface area contributed by atoms with E-state index in [-0.39, 0.29) is 22.8 Å². The minimum atomic E-state index is -0.320. The summed E-state index contributed by atoms with van der Waals surface area (Å²) in [5.74, 6) is -0.392. The third-order valence-corrected chi connectivity index (χ3v) is 2.57. The molecule has 0 fully saturated rings. The molecule has 0 aromatic heterocycles. The van der Waals surface area contributed by atoms with E-state index in [1.165, 1.54) is 42.5 Å². The van der Waals surface area contributed by atoms with Crippen molar-refractivity contribution < 1.29 is 15.0 Å². The summed E-state index contributed by atoms with van der Waals surface area (Å²) in [4.78, 5) is 12.0. The molecule has 0 saturated heterocycles. The van der Waals surface area contributed by atoms with Crippen LogP contribution in [0.1, 0.15) is 15.9 Å². The quantitative estimate of drug-likeness (QED) is 0.804. The monoisotopic (exact) mass is 248 g/mol. The lowest BCUT2D eigenvalue weighted by Crippen LogP contribution is -2.01.